The number of aliphatic carboxylic acids is 1. The SMILES string of the molecule is CCN(CCC(=O)O)Cc1ccc(-n2ccnc2)cc1. The summed E-state index contributed by atoms with van der Waals surface area (Å²) in [6, 6.07) is 8.22. The first-order valence-electron chi connectivity index (χ1n) is 6.70. The molecule has 0 radical (unpaired) electrons. The number of nitrogens with zero attached hydrogens (tertiary/aromatic N) is 3. The van der Waals surface area contributed by atoms with Crippen LogP contribution in [0.2, 0.25) is 0 Å². The monoisotopic (exact) mass is 273 g/mol. The van der Waals surface area contributed by atoms with Crippen LogP contribution in [0.3, 0.4) is 0 Å². The predicted octanol–water partition coefficient (Wildman–Crippen LogP) is 2.17. The van der Waals surface area contributed by atoms with E-state index < -0.39 is 5.97 Å². The molecule has 0 aliphatic carbocycles. The Kier molecular flexibility index (Phi) is 4.90. The highest BCUT2D eigenvalue weighted by Gasteiger charge is 2.06. The van der Waals surface area contributed by atoms with E-state index in [0.29, 0.717) is 6.54 Å². The third-order valence-electron chi connectivity index (χ3n) is 3.23. The molecule has 1 N–H and O–H groups in total. The van der Waals surface area contributed by atoms with Crippen molar-refractivity contribution in [2.24, 2.45) is 0 Å². The van der Waals surface area contributed by atoms with Crippen molar-refractivity contribution in [1.29, 1.82) is 0 Å². The summed E-state index contributed by atoms with van der Waals surface area (Å²) in [6.45, 7) is 4.24. The van der Waals surface area contributed by atoms with E-state index in [9.17, 15) is 4.79 Å². The van der Waals surface area contributed by atoms with E-state index in [-0.39, 0.29) is 6.42 Å². The van der Waals surface area contributed by atoms with Crippen molar-refractivity contribution >= 4 is 5.97 Å². The van der Waals surface area contributed by atoms with E-state index in [0.717, 1.165) is 18.8 Å². The summed E-state index contributed by atoms with van der Waals surface area (Å²) in [5.74, 6) is -0.751. The number of hydrogen-bond donors (Lipinski definition) is 1. The predicted molar refractivity (Wildman–Crippen MR) is 76.8 cm³/mol. The fourth-order valence-electron chi connectivity index (χ4n) is 2.05. The average molecular weight is 273 g/mol. The maximum Gasteiger partial charge on any atom is 0.304 e. The van der Waals surface area contributed by atoms with Crippen molar-refractivity contribution in [3.8, 4) is 5.69 Å². The van der Waals surface area contributed by atoms with Gasteiger partial charge in [0.15, 0.2) is 0 Å². The molecular weight excluding hydrogens is 254 g/mol. The Bertz CT molecular complexity index is 535. The molecule has 0 unspecified atom stereocenters. The van der Waals surface area contributed by atoms with Gasteiger partial charge in [0.1, 0.15) is 0 Å². The average Bonchev–Trinajstić information content (AvgIpc) is 2.98. The lowest BCUT2D eigenvalue weighted by molar-refractivity contribution is -0.137. The molecule has 0 amide bonds. The zero-order valence-electron chi connectivity index (χ0n) is 11.6. The van der Waals surface area contributed by atoms with Gasteiger partial charge in [-0.2, -0.15) is 0 Å². The summed E-state index contributed by atoms with van der Waals surface area (Å²) in [5.41, 5.74) is 2.25. The summed E-state index contributed by atoms with van der Waals surface area (Å²) < 4.78 is 1.95. The number of rotatable bonds is 7. The zero-order valence-corrected chi connectivity index (χ0v) is 11.6. The van der Waals surface area contributed by atoms with E-state index in [1.54, 1.807) is 12.5 Å². The fourth-order valence-corrected chi connectivity index (χ4v) is 2.05. The molecule has 0 fully saturated rings. The number of imidazole rings is 1. The van der Waals surface area contributed by atoms with Crippen LogP contribution in [0.15, 0.2) is 43.0 Å². The van der Waals surface area contributed by atoms with Gasteiger partial charge in [-0.05, 0) is 24.2 Å². The van der Waals surface area contributed by atoms with Crippen LogP contribution in [0.4, 0.5) is 0 Å². The second kappa shape index (κ2) is 6.86. The van der Waals surface area contributed by atoms with Gasteiger partial charge in [0, 0.05) is 31.2 Å². The Balaban J connectivity index is 1.97. The molecule has 0 bridgehead atoms. The zero-order chi connectivity index (χ0) is 14.4. The van der Waals surface area contributed by atoms with Crippen molar-refractivity contribution in [2.45, 2.75) is 19.9 Å². The minimum Gasteiger partial charge on any atom is -0.481 e. The lowest BCUT2D eigenvalue weighted by Gasteiger charge is -2.19. The summed E-state index contributed by atoms with van der Waals surface area (Å²) in [6.07, 6.45) is 5.60. The maximum absolute atomic E-state index is 10.6. The Labute approximate surface area is 118 Å². The molecule has 20 heavy (non-hydrogen) atoms. The van der Waals surface area contributed by atoms with E-state index in [2.05, 4.69) is 22.0 Å². The van der Waals surface area contributed by atoms with Crippen LogP contribution in [0.1, 0.15) is 18.9 Å². The van der Waals surface area contributed by atoms with Gasteiger partial charge >= 0.3 is 5.97 Å². The highest BCUT2D eigenvalue weighted by atomic mass is 16.4. The Morgan fingerprint density at radius 2 is 2.10 bits per heavy atom. The van der Waals surface area contributed by atoms with Gasteiger partial charge in [-0.15, -0.1) is 0 Å². The smallest absolute Gasteiger partial charge is 0.304 e. The van der Waals surface area contributed by atoms with Crippen molar-refractivity contribution in [2.75, 3.05) is 13.1 Å². The molecule has 5 nitrogen and oxygen atoms in total. The lowest BCUT2D eigenvalue weighted by Crippen LogP contribution is -2.25. The molecule has 0 saturated heterocycles. The summed E-state index contributed by atoms with van der Waals surface area (Å²) in [4.78, 5) is 16.8. The van der Waals surface area contributed by atoms with E-state index in [1.165, 1.54) is 5.56 Å². The molecule has 1 aromatic heterocycles. The molecule has 5 heteroatoms. The molecule has 0 aliphatic rings. The molecule has 0 spiro atoms. The Morgan fingerprint density at radius 3 is 2.65 bits per heavy atom. The molecular formula is C15H19N3O2. The van der Waals surface area contributed by atoms with Crippen molar-refractivity contribution < 1.29 is 9.90 Å². The van der Waals surface area contributed by atoms with Crippen LogP contribution in [0.5, 0.6) is 0 Å². The lowest BCUT2D eigenvalue weighted by atomic mass is 10.2. The van der Waals surface area contributed by atoms with Crippen LogP contribution in [-0.4, -0.2) is 38.6 Å². The van der Waals surface area contributed by atoms with Crippen molar-refractivity contribution in [1.82, 2.24) is 14.5 Å². The van der Waals surface area contributed by atoms with Gasteiger partial charge in [0.25, 0.3) is 0 Å². The van der Waals surface area contributed by atoms with E-state index >= 15 is 0 Å². The number of carboxylic acid groups (broad SMARTS) is 1. The molecule has 0 saturated carbocycles. The second-order valence-electron chi connectivity index (χ2n) is 4.65. The van der Waals surface area contributed by atoms with Crippen LogP contribution in [0, 0.1) is 0 Å². The third-order valence-corrected chi connectivity index (χ3v) is 3.23. The first-order chi connectivity index (χ1) is 9.69. The number of carboxylic acids is 1. The molecule has 2 rings (SSSR count). The normalized spacial score (nSPS) is 10.9. The van der Waals surface area contributed by atoms with Gasteiger partial charge < -0.3 is 9.67 Å². The highest BCUT2D eigenvalue weighted by Crippen LogP contribution is 2.11. The number of benzene rings is 1. The number of hydrogen-bond acceptors (Lipinski definition) is 3. The van der Waals surface area contributed by atoms with E-state index in [4.69, 9.17) is 5.11 Å². The molecule has 2 aromatic rings. The van der Waals surface area contributed by atoms with Gasteiger partial charge in [-0.1, -0.05) is 19.1 Å². The molecule has 0 atom stereocenters. The first-order valence-corrected chi connectivity index (χ1v) is 6.70. The number of aromatic nitrogens is 2. The third kappa shape index (κ3) is 3.93. The van der Waals surface area contributed by atoms with Gasteiger partial charge in [0.2, 0.25) is 0 Å². The van der Waals surface area contributed by atoms with Crippen molar-refractivity contribution in [3.63, 3.8) is 0 Å². The minimum atomic E-state index is -0.751. The van der Waals surface area contributed by atoms with Gasteiger partial charge in [0.05, 0.1) is 12.7 Å². The number of carbonyl (C=O) groups is 1. The molecule has 1 aromatic carbocycles. The summed E-state index contributed by atoms with van der Waals surface area (Å²) in [7, 11) is 0. The Morgan fingerprint density at radius 1 is 1.35 bits per heavy atom. The van der Waals surface area contributed by atoms with Crippen LogP contribution in [0.25, 0.3) is 5.69 Å². The van der Waals surface area contributed by atoms with Crippen LogP contribution in [-0.2, 0) is 11.3 Å². The minimum absolute atomic E-state index is 0.182. The maximum atomic E-state index is 10.6. The topological polar surface area (TPSA) is 58.4 Å². The first kappa shape index (κ1) is 14.3. The largest absolute Gasteiger partial charge is 0.481 e. The summed E-state index contributed by atoms with van der Waals surface area (Å²) in [5, 5.41) is 8.73. The van der Waals surface area contributed by atoms with Crippen molar-refractivity contribution in [3.05, 3.63) is 48.5 Å². The van der Waals surface area contributed by atoms with Gasteiger partial charge in [-0.25, -0.2) is 4.98 Å². The Hall–Kier alpha value is -2.14. The standard InChI is InChI=1S/C15H19N3O2/c1-2-17(9-7-15(19)20)11-13-3-5-14(6-4-13)18-10-8-16-12-18/h3-6,8,10,12H,2,7,9,11H2,1H3,(H,19,20). The van der Waals surface area contributed by atoms with Crippen LogP contribution < -0.4 is 0 Å². The van der Waals surface area contributed by atoms with Gasteiger partial charge in [-0.3, -0.25) is 9.69 Å². The molecule has 106 valence electrons. The van der Waals surface area contributed by atoms with Crippen LogP contribution >= 0.6 is 0 Å². The quantitative estimate of drug-likeness (QED) is 0.840. The summed E-state index contributed by atoms with van der Waals surface area (Å²) >= 11 is 0. The second-order valence-corrected chi connectivity index (χ2v) is 4.65. The highest BCUT2D eigenvalue weighted by molar-refractivity contribution is 5.66. The van der Waals surface area contributed by atoms with E-state index in [1.807, 2.05) is 29.8 Å². The molecule has 0 aliphatic heterocycles. The fraction of sp³-hybridized carbons (Fsp3) is 0.333. The molecule has 1 heterocycles.